The second kappa shape index (κ2) is 7.46. The van der Waals surface area contributed by atoms with Gasteiger partial charge in [0.2, 0.25) is 0 Å². The number of halogens is 3. The number of hydrogen-bond donors (Lipinski definition) is 2. The standard InChI is InChI=1S/C19H24F3N3O3/c1-17(2,3)28-16(26)23-11-12-6-8-13(9-7-12)25-15(18(4,5)27)10-14(24-25)19(20,21)22/h6-10,27H,11H2,1-5H3,(H,23,26). The van der Waals surface area contributed by atoms with E-state index in [2.05, 4.69) is 10.4 Å². The third-order valence-electron chi connectivity index (χ3n) is 3.64. The first-order chi connectivity index (χ1) is 12.7. The molecule has 0 aliphatic heterocycles. The van der Waals surface area contributed by atoms with E-state index in [4.69, 9.17) is 4.74 Å². The number of aliphatic hydroxyl groups is 1. The fourth-order valence-electron chi connectivity index (χ4n) is 2.40. The molecule has 0 unspecified atom stereocenters. The molecule has 6 nitrogen and oxygen atoms in total. The fraction of sp³-hybridized carbons (Fsp3) is 0.474. The molecule has 2 rings (SSSR count). The van der Waals surface area contributed by atoms with Gasteiger partial charge < -0.3 is 15.2 Å². The van der Waals surface area contributed by atoms with Crippen molar-refractivity contribution in [2.24, 2.45) is 0 Å². The number of alkyl carbamates (subject to hydrolysis) is 1. The van der Waals surface area contributed by atoms with Crippen LogP contribution in [0, 0.1) is 0 Å². The lowest BCUT2D eigenvalue weighted by Gasteiger charge is -2.20. The van der Waals surface area contributed by atoms with Gasteiger partial charge in [0, 0.05) is 6.54 Å². The van der Waals surface area contributed by atoms with Crippen LogP contribution >= 0.6 is 0 Å². The van der Waals surface area contributed by atoms with Crippen molar-refractivity contribution in [3.63, 3.8) is 0 Å². The van der Waals surface area contributed by atoms with Gasteiger partial charge in [-0.2, -0.15) is 18.3 Å². The molecule has 0 fully saturated rings. The van der Waals surface area contributed by atoms with Crippen LogP contribution in [0.2, 0.25) is 0 Å². The van der Waals surface area contributed by atoms with Crippen molar-refractivity contribution in [2.45, 2.75) is 58.5 Å². The van der Waals surface area contributed by atoms with E-state index in [0.29, 0.717) is 5.69 Å². The molecule has 1 amide bonds. The molecule has 1 aromatic carbocycles. The number of aromatic nitrogens is 2. The average molecular weight is 399 g/mol. The van der Waals surface area contributed by atoms with Crippen LogP contribution in [0.15, 0.2) is 30.3 Å². The Morgan fingerprint density at radius 2 is 1.71 bits per heavy atom. The number of ether oxygens (including phenoxy) is 1. The third-order valence-corrected chi connectivity index (χ3v) is 3.64. The minimum Gasteiger partial charge on any atom is -0.444 e. The lowest BCUT2D eigenvalue weighted by molar-refractivity contribution is -0.141. The number of nitrogens with one attached hydrogen (secondary N) is 1. The number of benzene rings is 1. The molecule has 2 N–H and O–H groups in total. The van der Waals surface area contributed by atoms with Gasteiger partial charge in [0.15, 0.2) is 5.69 Å². The van der Waals surface area contributed by atoms with Gasteiger partial charge in [-0.1, -0.05) is 12.1 Å². The Morgan fingerprint density at radius 1 is 1.14 bits per heavy atom. The lowest BCUT2D eigenvalue weighted by Crippen LogP contribution is -2.32. The van der Waals surface area contributed by atoms with Crippen molar-refractivity contribution in [3.8, 4) is 5.69 Å². The molecular formula is C19H24F3N3O3. The number of carbonyl (C=O) groups is 1. The SMILES string of the molecule is CC(C)(C)OC(=O)NCc1ccc(-n2nc(C(F)(F)F)cc2C(C)(C)O)cc1. The van der Waals surface area contributed by atoms with Crippen LogP contribution < -0.4 is 5.32 Å². The van der Waals surface area contributed by atoms with Gasteiger partial charge in [-0.3, -0.25) is 0 Å². The van der Waals surface area contributed by atoms with Crippen molar-refractivity contribution >= 4 is 6.09 Å². The zero-order valence-electron chi connectivity index (χ0n) is 16.4. The molecule has 2 aromatic rings. The Hall–Kier alpha value is -2.55. The normalized spacial score (nSPS) is 12.8. The van der Waals surface area contributed by atoms with Gasteiger partial charge in [0.25, 0.3) is 0 Å². The molecule has 0 saturated heterocycles. The summed E-state index contributed by atoms with van der Waals surface area (Å²) >= 11 is 0. The van der Waals surface area contributed by atoms with Crippen LogP contribution in [-0.4, -0.2) is 26.6 Å². The van der Waals surface area contributed by atoms with E-state index in [1.165, 1.54) is 13.8 Å². The predicted octanol–water partition coefficient (Wildman–Crippen LogP) is 4.14. The first kappa shape index (κ1) is 21.7. The molecule has 0 saturated carbocycles. The number of amides is 1. The number of hydrogen-bond acceptors (Lipinski definition) is 4. The minimum absolute atomic E-state index is 0.0134. The molecule has 9 heteroatoms. The second-order valence-electron chi connectivity index (χ2n) is 7.91. The van der Waals surface area contributed by atoms with Crippen molar-refractivity contribution in [3.05, 3.63) is 47.3 Å². The van der Waals surface area contributed by atoms with Crippen LogP contribution in [-0.2, 0) is 23.1 Å². The Morgan fingerprint density at radius 3 is 2.18 bits per heavy atom. The predicted molar refractivity (Wildman–Crippen MR) is 96.9 cm³/mol. The van der Waals surface area contributed by atoms with Crippen LogP contribution in [0.25, 0.3) is 5.69 Å². The van der Waals surface area contributed by atoms with Gasteiger partial charge in [-0.15, -0.1) is 0 Å². The summed E-state index contributed by atoms with van der Waals surface area (Å²) in [6, 6.07) is 7.26. The first-order valence-electron chi connectivity index (χ1n) is 8.63. The van der Waals surface area contributed by atoms with Gasteiger partial charge in [-0.05, 0) is 58.4 Å². The summed E-state index contributed by atoms with van der Waals surface area (Å²) in [7, 11) is 0. The Kier molecular flexibility index (Phi) is 5.79. The van der Waals surface area contributed by atoms with E-state index < -0.39 is 29.2 Å². The van der Waals surface area contributed by atoms with E-state index in [-0.39, 0.29) is 12.2 Å². The molecule has 0 bridgehead atoms. The lowest BCUT2D eigenvalue weighted by atomic mass is 10.0. The topological polar surface area (TPSA) is 76.4 Å². The molecule has 0 radical (unpaired) electrons. The van der Waals surface area contributed by atoms with E-state index >= 15 is 0 Å². The Bertz CT molecular complexity index is 829. The minimum atomic E-state index is -4.62. The Balaban J connectivity index is 2.21. The largest absolute Gasteiger partial charge is 0.444 e. The second-order valence-corrected chi connectivity index (χ2v) is 7.91. The smallest absolute Gasteiger partial charge is 0.435 e. The van der Waals surface area contributed by atoms with Gasteiger partial charge in [0.1, 0.15) is 11.2 Å². The summed E-state index contributed by atoms with van der Waals surface area (Å²) in [5.41, 5.74) is -2.12. The Labute approximate surface area is 161 Å². The fourth-order valence-corrected chi connectivity index (χ4v) is 2.40. The van der Waals surface area contributed by atoms with Crippen LogP contribution in [0.5, 0.6) is 0 Å². The number of alkyl halides is 3. The molecule has 28 heavy (non-hydrogen) atoms. The van der Waals surface area contributed by atoms with Gasteiger partial charge in [0.05, 0.1) is 11.4 Å². The molecule has 0 spiro atoms. The molecule has 0 aliphatic rings. The van der Waals surface area contributed by atoms with E-state index in [1.807, 2.05) is 0 Å². The highest BCUT2D eigenvalue weighted by molar-refractivity contribution is 5.67. The van der Waals surface area contributed by atoms with Crippen LogP contribution in [0.1, 0.15) is 51.6 Å². The van der Waals surface area contributed by atoms with Crippen molar-refractivity contribution < 1.29 is 27.8 Å². The highest BCUT2D eigenvalue weighted by Gasteiger charge is 2.37. The molecule has 1 heterocycles. The van der Waals surface area contributed by atoms with Gasteiger partial charge >= 0.3 is 12.3 Å². The van der Waals surface area contributed by atoms with Crippen molar-refractivity contribution in [1.82, 2.24) is 15.1 Å². The van der Waals surface area contributed by atoms with Crippen LogP contribution in [0.4, 0.5) is 18.0 Å². The third kappa shape index (κ3) is 5.72. The molecule has 154 valence electrons. The summed E-state index contributed by atoms with van der Waals surface area (Å²) in [6.07, 6.45) is -5.19. The van der Waals surface area contributed by atoms with E-state index in [0.717, 1.165) is 16.3 Å². The number of carbonyl (C=O) groups excluding carboxylic acids is 1. The quantitative estimate of drug-likeness (QED) is 0.810. The monoisotopic (exact) mass is 399 g/mol. The van der Waals surface area contributed by atoms with Crippen molar-refractivity contribution in [1.29, 1.82) is 0 Å². The highest BCUT2D eigenvalue weighted by atomic mass is 19.4. The zero-order valence-corrected chi connectivity index (χ0v) is 16.4. The number of nitrogens with zero attached hydrogens (tertiary/aromatic N) is 2. The summed E-state index contributed by atoms with van der Waals surface area (Å²) in [5.74, 6) is 0. The molecule has 1 aromatic heterocycles. The first-order valence-corrected chi connectivity index (χ1v) is 8.63. The zero-order chi connectivity index (χ0) is 21.3. The van der Waals surface area contributed by atoms with Crippen molar-refractivity contribution in [2.75, 3.05) is 0 Å². The summed E-state index contributed by atoms with van der Waals surface area (Å²) in [6.45, 7) is 8.22. The molecule has 0 atom stereocenters. The molecule has 0 aliphatic carbocycles. The summed E-state index contributed by atoms with van der Waals surface area (Å²) in [4.78, 5) is 11.7. The average Bonchev–Trinajstić information content (AvgIpc) is 2.97. The highest BCUT2D eigenvalue weighted by Crippen LogP contribution is 2.32. The number of rotatable bonds is 4. The van der Waals surface area contributed by atoms with Crippen LogP contribution in [0.3, 0.4) is 0 Å². The summed E-state index contributed by atoms with van der Waals surface area (Å²) in [5, 5.41) is 16.4. The molecular weight excluding hydrogens is 375 g/mol. The van der Waals surface area contributed by atoms with Gasteiger partial charge in [-0.25, -0.2) is 9.48 Å². The maximum atomic E-state index is 13.0. The van der Waals surface area contributed by atoms with E-state index in [9.17, 15) is 23.1 Å². The summed E-state index contributed by atoms with van der Waals surface area (Å²) < 4.78 is 45.3. The van der Waals surface area contributed by atoms with E-state index in [1.54, 1.807) is 45.0 Å². The maximum Gasteiger partial charge on any atom is 0.435 e. The maximum absolute atomic E-state index is 13.0.